The standard InChI is InChI=1S/C17H20ClNO3/c1-13-4-6-14(7-5-13)21-11-3-10-19(2)17(20)16-9-8-15(12-18)22-16/h4-9H,3,10-12H2,1-2H3. The molecule has 0 fully saturated rings. The lowest BCUT2D eigenvalue weighted by Crippen LogP contribution is -2.28. The van der Waals surface area contributed by atoms with Gasteiger partial charge < -0.3 is 14.1 Å². The molecular weight excluding hydrogens is 302 g/mol. The molecule has 2 aromatic rings. The Morgan fingerprint density at radius 2 is 1.95 bits per heavy atom. The highest BCUT2D eigenvalue weighted by Crippen LogP contribution is 2.13. The van der Waals surface area contributed by atoms with Gasteiger partial charge in [-0.15, -0.1) is 11.6 Å². The van der Waals surface area contributed by atoms with E-state index in [1.807, 2.05) is 31.2 Å². The fourth-order valence-corrected chi connectivity index (χ4v) is 2.12. The Morgan fingerprint density at radius 1 is 1.23 bits per heavy atom. The molecule has 0 aliphatic carbocycles. The van der Waals surface area contributed by atoms with Crippen LogP contribution in [0.15, 0.2) is 40.8 Å². The van der Waals surface area contributed by atoms with Gasteiger partial charge in [0.05, 0.1) is 12.5 Å². The van der Waals surface area contributed by atoms with Gasteiger partial charge in [-0.3, -0.25) is 4.79 Å². The second-order valence-corrected chi connectivity index (χ2v) is 5.41. The highest BCUT2D eigenvalue weighted by molar-refractivity contribution is 6.16. The van der Waals surface area contributed by atoms with Crippen LogP contribution in [-0.2, 0) is 5.88 Å². The van der Waals surface area contributed by atoms with Crippen molar-refractivity contribution in [3.05, 3.63) is 53.5 Å². The molecule has 2 rings (SSSR count). The van der Waals surface area contributed by atoms with Crippen LogP contribution in [0.5, 0.6) is 5.75 Å². The van der Waals surface area contributed by atoms with E-state index in [1.54, 1.807) is 24.1 Å². The lowest BCUT2D eigenvalue weighted by molar-refractivity contribution is 0.0755. The van der Waals surface area contributed by atoms with E-state index in [0.717, 1.165) is 12.2 Å². The molecule has 5 heteroatoms. The first kappa shape index (κ1) is 16.4. The minimum Gasteiger partial charge on any atom is -0.494 e. The van der Waals surface area contributed by atoms with E-state index in [-0.39, 0.29) is 11.8 Å². The first-order valence-corrected chi connectivity index (χ1v) is 7.73. The average molecular weight is 322 g/mol. The summed E-state index contributed by atoms with van der Waals surface area (Å²) in [6.45, 7) is 3.20. The Balaban J connectivity index is 1.74. The highest BCUT2D eigenvalue weighted by Gasteiger charge is 2.15. The quantitative estimate of drug-likeness (QED) is 0.574. The number of benzene rings is 1. The van der Waals surface area contributed by atoms with Crippen molar-refractivity contribution in [2.45, 2.75) is 19.2 Å². The van der Waals surface area contributed by atoms with E-state index in [0.29, 0.717) is 24.7 Å². The van der Waals surface area contributed by atoms with E-state index < -0.39 is 0 Å². The number of nitrogens with zero attached hydrogens (tertiary/aromatic N) is 1. The van der Waals surface area contributed by atoms with Crippen molar-refractivity contribution < 1.29 is 13.9 Å². The number of furan rings is 1. The summed E-state index contributed by atoms with van der Waals surface area (Å²) in [5.74, 6) is 1.88. The maximum absolute atomic E-state index is 12.1. The number of hydrogen-bond acceptors (Lipinski definition) is 3. The van der Waals surface area contributed by atoms with Crippen LogP contribution >= 0.6 is 11.6 Å². The normalized spacial score (nSPS) is 10.5. The van der Waals surface area contributed by atoms with Crippen LogP contribution in [0.4, 0.5) is 0 Å². The van der Waals surface area contributed by atoms with Gasteiger partial charge in [-0.05, 0) is 37.6 Å². The van der Waals surface area contributed by atoms with Gasteiger partial charge >= 0.3 is 0 Å². The highest BCUT2D eigenvalue weighted by atomic mass is 35.5. The molecule has 4 nitrogen and oxygen atoms in total. The fraction of sp³-hybridized carbons (Fsp3) is 0.353. The Morgan fingerprint density at radius 3 is 2.59 bits per heavy atom. The van der Waals surface area contributed by atoms with Gasteiger partial charge in [0.1, 0.15) is 11.5 Å². The fourth-order valence-electron chi connectivity index (χ4n) is 1.98. The number of aryl methyl sites for hydroxylation is 1. The SMILES string of the molecule is Cc1ccc(OCCCN(C)C(=O)c2ccc(CCl)o2)cc1. The summed E-state index contributed by atoms with van der Waals surface area (Å²) in [6.07, 6.45) is 0.749. The molecule has 0 atom stereocenters. The van der Waals surface area contributed by atoms with Crippen LogP contribution in [0.2, 0.25) is 0 Å². The molecule has 1 aromatic carbocycles. The second kappa shape index (κ2) is 7.90. The third-order valence-corrected chi connectivity index (χ3v) is 3.54. The third kappa shape index (κ3) is 4.53. The molecule has 118 valence electrons. The lowest BCUT2D eigenvalue weighted by Gasteiger charge is -2.15. The van der Waals surface area contributed by atoms with Crippen molar-refractivity contribution in [2.75, 3.05) is 20.2 Å². The smallest absolute Gasteiger partial charge is 0.289 e. The summed E-state index contributed by atoms with van der Waals surface area (Å²) in [4.78, 5) is 13.7. The molecule has 1 amide bonds. The minimum absolute atomic E-state index is 0.147. The van der Waals surface area contributed by atoms with E-state index in [4.69, 9.17) is 20.8 Å². The third-order valence-electron chi connectivity index (χ3n) is 3.28. The van der Waals surface area contributed by atoms with E-state index in [1.165, 1.54) is 5.56 Å². The van der Waals surface area contributed by atoms with Gasteiger partial charge in [-0.1, -0.05) is 17.7 Å². The van der Waals surface area contributed by atoms with Gasteiger partial charge in [0, 0.05) is 13.6 Å². The monoisotopic (exact) mass is 321 g/mol. The van der Waals surface area contributed by atoms with Crippen molar-refractivity contribution >= 4 is 17.5 Å². The van der Waals surface area contributed by atoms with Crippen LogP contribution in [-0.4, -0.2) is 31.0 Å². The number of amides is 1. The van der Waals surface area contributed by atoms with Crippen molar-refractivity contribution in [1.29, 1.82) is 0 Å². The lowest BCUT2D eigenvalue weighted by atomic mass is 10.2. The molecule has 0 unspecified atom stereocenters. The molecule has 0 aliphatic heterocycles. The molecule has 1 aromatic heterocycles. The van der Waals surface area contributed by atoms with Crippen LogP contribution in [0.25, 0.3) is 0 Å². The Labute approximate surface area is 135 Å². The molecule has 22 heavy (non-hydrogen) atoms. The number of ether oxygens (including phenoxy) is 1. The number of hydrogen-bond donors (Lipinski definition) is 0. The van der Waals surface area contributed by atoms with Gasteiger partial charge in [0.2, 0.25) is 0 Å². The zero-order valence-electron chi connectivity index (χ0n) is 12.8. The molecule has 0 radical (unpaired) electrons. The van der Waals surface area contributed by atoms with Crippen LogP contribution in [0, 0.1) is 6.92 Å². The molecule has 1 heterocycles. The van der Waals surface area contributed by atoms with Crippen molar-refractivity contribution in [3.63, 3.8) is 0 Å². The summed E-state index contributed by atoms with van der Waals surface area (Å²) in [5, 5.41) is 0. The van der Waals surface area contributed by atoms with E-state index in [9.17, 15) is 4.79 Å². The van der Waals surface area contributed by atoms with Crippen LogP contribution in [0.1, 0.15) is 28.3 Å². The van der Waals surface area contributed by atoms with Crippen molar-refractivity contribution in [2.24, 2.45) is 0 Å². The number of rotatable bonds is 7. The topological polar surface area (TPSA) is 42.7 Å². The van der Waals surface area contributed by atoms with Gasteiger partial charge in [0.15, 0.2) is 5.76 Å². The zero-order chi connectivity index (χ0) is 15.9. The summed E-state index contributed by atoms with van der Waals surface area (Å²) in [6, 6.07) is 11.3. The minimum atomic E-state index is -0.147. The molecule has 0 bridgehead atoms. The maximum atomic E-state index is 12.1. The van der Waals surface area contributed by atoms with E-state index in [2.05, 4.69) is 0 Å². The Kier molecular flexibility index (Phi) is 5.90. The predicted octanol–water partition coefficient (Wildman–Crippen LogP) is 3.87. The Bertz CT molecular complexity index is 607. The molecule has 0 N–H and O–H groups in total. The average Bonchev–Trinajstić information content (AvgIpc) is 3.01. The molecular formula is C17H20ClNO3. The van der Waals surface area contributed by atoms with Gasteiger partial charge in [-0.2, -0.15) is 0 Å². The largest absolute Gasteiger partial charge is 0.494 e. The van der Waals surface area contributed by atoms with Crippen molar-refractivity contribution in [1.82, 2.24) is 4.90 Å². The van der Waals surface area contributed by atoms with E-state index >= 15 is 0 Å². The summed E-state index contributed by atoms with van der Waals surface area (Å²) >= 11 is 5.66. The second-order valence-electron chi connectivity index (χ2n) is 5.14. The number of carbonyl (C=O) groups excluding carboxylic acids is 1. The first-order valence-electron chi connectivity index (χ1n) is 7.20. The van der Waals surface area contributed by atoms with Crippen molar-refractivity contribution in [3.8, 4) is 5.75 Å². The maximum Gasteiger partial charge on any atom is 0.289 e. The molecule has 0 aliphatic rings. The van der Waals surface area contributed by atoms with Crippen LogP contribution < -0.4 is 4.74 Å². The summed E-state index contributed by atoms with van der Waals surface area (Å²) in [5.41, 5.74) is 1.20. The summed E-state index contributed by atoms with van der Waals surface area (Å²) in [7, 11) is 1.75. The number of alkyl halides is 1. The Hall–Kier alpha value is -1.94. The summed E-state index contributed by atoms with van der Waals surface area (Å²) < 4.78 is 11.0. The molecule has 0 saturated carbocycles. The van der Waals surface area contributed by atoms with Gasteiger partial charge in [0.25, 0.3) is 5.91 Å². The van der Waals surface area contributed by atoms with Gasteiger partial charge in [-0.25, -0.2) is 0 Å². The number of carbonyl (C=O) groups is 1. The van der Waals surface area contributed by atoms with Crippen LogP contribution in [0.3, 0.4) is 0 Å². The zero-order valence-corrected chi connectivity index (χ0v) is 13.6. The molecule has 0 spiro atoms. The first-order chi connectivity index (χ1) is 10.6. The predicted molar refractivity (Wildman–Crippen MR) is 86.5 cm³/mol. The number of halogens is 1. The molecule has 0 saturated heterocycles.